The maximum absolute atomic E-state index is 12.7. The molecule has 2 aliphatic heterocycles. The summed E-state index contributed by atoms with van der Waals surface area (Å²) in [4.78, 5) is 17.9. The van der Waals surface area contributed by atoms with E-state index in [0.29, 0.717) is 43.8 Å². The van der Waals surface area contributed by atoms with Gasteiger partial charge in [-0.2, -0.15) is 18.3 Å². The van der Waals surface area contributed by atoms with Crippen LogP contribution in [-0.4, -0.2) is 77.2 Å². The quantitative estimate of drug-likeness (QED) is 0.609. The number of piperazine rings is 1. The molecule has 1 aromatic carbocycles. The molecule has 1 unspecified atom stereocenters. The van der Waals surface area contributed by atoms with Crippen molar-refractivity contribution in [3.05, 3.63) is 46.2 Å². The summed E-state index contributed by atoms with van der Waals surface area (Å²) in [6, 6.07) is 8.24. The van der Waals surface area contributed by atoms with Gasteiger partial charge in [-0.3, -0.25) is 9.58 Å². The molecule has 11 heteroatoms. The second-order valence-corrected chi connectivity index (χ2v) is 9.47. The zero-order valence-corrected chi connectivity index (χ0v) is 20.2. The Bertz CT molecular complexity index is 1030. The number of alkyl halides is 3. The Labute approximate surface area is 202 Å². The highest BCUT2D eigenvalue weighted by molar-refractivity contribution is 6.30. The van der Waals surface area contributed by atoms with E-state index in [2.05, 4.69) is 37.3 Å². The zero-order valence-electron chi connectivity index (χ0n) is 19.5. The van der Waals surface area contributed by atoms with E-state index < -0.39 is 18.4 Å². The molecule has 7 nitrogen and oxygen atoms in total. The first-order valence-electron chi connectivity index (χ1n) is 11.3. The lowest BCUT2D eigenvalue weighted by Crippen LogP contribution is -2.50. The molecule has 2 aliphatic rings. The van der Waals surface area contributed by atoms with Crippen molar-refractivity contribution in [2.24, 2.45) is 0 Å². The minimum atomic E-state index is -4.56. The highest BCUT2D eigenvalue weighted by Gasteiger charge is 2.40. The van der Waals surface area contributed by atoms with Gasteiger partial charge in [-0.05, 0) is 44.5 Å². The van der Waals surface area contributed by atoms with Crippen LogP contribution in [0.15, 0.2) is 24.3 Å². The summed E-state index contributed by atoms with van der Waals surface area (Å²) < 4.78 is 44.6. The molecule has 186 valence electrons. The van der Waals surface area contributed by atoms with Gasteiger partial charge in [0.25, 0.3) is 0 Å². The Balaban J connectivity index is 1.34. The number of anilines is 1. The Morgan fingerprint density at radius 1 is 1.18 bits per heavy atom. The molecular formula is C23H29ClF3N5O2. The lowest BCUT2D eigenvalue weighted by molar-refractivity contribution is -0.200. The third-order valence-corrected chi connectivity index (χ3v) is 6.64. The zero-order chi connectivity index (χ0) is 24.6. The van der Waals surface area contributed by atoms with Gasteiger partial charge in [0, 0.05) is 62.2 Å². The first kappa shape index (κ1) is 24.7. The molecule has 0 bridgehead atoms. The van der Waals surface area contributed by atoms with Gasteiger partial charge >= 0.3 is 12.3 Å². The third-order valence-electron chi connectivity index (χ3n) is 6.40. The van der Waals surface area contributed by atoms with Crippen molar-refractivity contribution in [1.82, 2.24) is 19.6 Å². The Hall–Kier alpha value is -2.46. The number of hydrogen-bond acceptors (Lipinski definition) is 5. The molecular weight excluding hydrogens is 471 g/mol. The average molecular weight is 500 g/mol. The number of carbonyl (C=O) groups is 1. The van der Waals surface area contributed by atoms with Crippen molar-refractivity contribution >= 4 is 23.4 Å². The summed E-state index contributed by atoms with van der Waals surface area (Å²) in [7, 11) is 0. The van der Waals surface area contributed by atoms with Gasteiger partial charge in [-0.15, -0.1) is 0 Å². The summed E-state index contributed by atoms with van der Waals surface area (Å²) in [6.07, 6.45) is -7.61. The lowest BCUT2D eigenvalue weighted by atomic mass is 10.0. The summed E-state index contributed by atoms with van der Waals surface area (Å²) in [5, 5.41) is 5.26. The van der Waals surface area contributed by atoms with Gasteiger partial charge in [0.05, 0.1) is 11.7 Å². The Kier molecular flexibility index (Phi) is 7.00. The molecule has 1 amide bonds. The first-order valence-corrected chi connectivity index (χ1v) is 11.7. The number of halogens is 4. The second kappa shape index (κ2) is 9.65. The molecule has 0 aliphatic carbocycles. The van der Waals surface area contributed by atoms with E-state index in [0.717, 1.165) is 42.7 Å². The van der Waals surface area contributed by atoms with Gasteiger partial charge < -0.3 is 14.5 Å². The van der Waals surface area contributed by atoms with Crippen molar-refractivity contribution in [1.29, 1.82) is 0 Å². The van der Waals surface area contributed by atoms with Crippen LogP contribution in [0.1, 0.15) is 29.9 Å². The molecule has 0 radical (unpaired) electrons. The fourth-order valence-electron chi connectivity index (χ4n) is 4.41. The van der Waals surface area contributed by atoms with Crippen LogP contribution in [0.3, 0.4) is 0 Å². The van der Waals surface area contributed by atoms with Crippen molar-refractivity contribution < 1.29 is 22.7 Å². The number of hydrogen-bond donors (Lipinski definition) is 0. The third kappa shape index (κ3) is 5.43. The predicted molar refractivity (Wildman–Crippen MR) is 123 cm³/mol. The van der Waals surface area contributed by atoms with Crippen LogP contribution in [0, 0.1) is 13.8 Å². The SMILES string of the molecule is Cc1cc(C)n(C2CN(c3cc(Cl)ccc3CN3CCN(C(=O)OC(C)C(F)(F)F)CC3)C2)n1. The van der Waals surface area contributed by atoms with E-state index in [-0.39, 0.29) is 0 Å². The minimum absolute atomic E-state index is 0.314. The molecule has 2 saturated heterocycles. The van der Waals surface area contributed by atoms with E-state index in [4.69, 9.17) is 11.6 Å². The van der Waals surface area contributed by atoms with E-state index in [1.165, 1.54) is 4.90 Å². The van der Waals surface area contributed by atoms with Crippen LogP contribution in [0.25, 0.3) is 0 Å². The molecule has 1 aromatic heterocycles. The molecule has 2 fully saturated rings. The number of aryl methyl sites for hydroxylation is 2. The van der Waals surface area contributed by atoms with Crippen LogP contribution >= 0.6 is 11.6 Å². The second-order valence-electron chi connectivity index (χ2n) is 9.03. The molecule has 34 heavy (non-hydrogen) atoms. The normalized spacial score (nSPS) is 18.7. The van der Waals surface area contributed by atoms with Crippen LogP contribution in [-0.2, 0) is 11.3 Å². The van der Waals surface area contributed by atoms with Crippen molar-refractivity contribution in [2.75, 3.05) is 44.2 Å². The largest absolute Gasteiger partial charge is 0.437 e. The molecule has 0 saturated carbocycles. The van der Waals surface area contributed by atoms with Crippen LogP contribution < -0.4 is 4.90 Å². The summed E-state index contributed by atoms with van der Waals surface area (Å²) in [5.41, 5.74) is 4.36. The fraction of sp³-hybridized carbons (Fsp3) is 0.565. The molecule has 4 rings (SSSR count). The predicted octanol–water partition coefficient (Wildman–Crippen LogP) is 4.42. The van der Waals surface area contributed by atoms with E-state index in [1.54, 1.807) is 0 Å². The van der Waals surface area contributed by atoms with Gasteiger partial charge in [-0.25, -0.2) is 4.79 Å². The van der Waals surface area contributed by atoms with Crippen molar-refractivity contribution in [3.8, 4) is 0 Å². The van der Waals surface area contributed by atoms with Gasteiger partial charge in [0.2, 0.25) is 0 Å². The average Bonchev–Trinajstić information content (AvgIpc) is 3.06. The number of carbonyl (C=O) groups excluding carboxylic acids is 1. The lowest BCUT2D eigenvalue weighted by Gasteiger charge is -2.43. The maximum Gasteiger partial charge on any atom is 0.425 e. The monoisotopic (exact) mass is 499 g/mol. The summed E-state index contributed by atoms with van der Waals surface area (Å²) in [5.74, 6) is 0. The minimum Gasteiger partial charge on any atom is -0.437 e. The number of nitrogens with zero attached hydrogens (tertiary/aromatic N) is 5. The van der Waals surface area contributed by atoms with Gasteiger partial charge in [-0.1, -0.05) is 17.7 Å². The topological polar surface area (TPSA) is 53.8 Å². The molecule has 2 aromatic rings. The maximum atomic E-state index is 12.7. The molecule has 0 N–H and O–H groups in total. The number of ether oxygens (including phenoxy) is 1. The summed E-state index contributed by atoms with van der Waals surface area (Å²) >= 11 is 6.30. The number of amides is 1. The fourth-order valence-corrected chi connectivity index (χ4v) is 4.58. The smallest absolute Gasteiger partial charge is 0.425 e. The van der Waals surface area contributed by atoms with Gasteiger partial charge in [0.15, 0.2) is 6.10 Å². The standard InChI is InChI=1S/C23H29ClF3N5O2/c1-15-10-16(2)32(28-15)20-13-31(14-20)21-11-19(24)5-4-18(21)12-29-6-8-30(9-7-29)22(33)34-17(3)23(25,26)27/h4-5,10-11,17,20H,6-9,12-14H2,1-3H3. The highest BCUT2D eigenvalue weighted by atomic mass is 35.5. The highest BCUT2D eigenvalue weighted by Crippen LogP contribution is 2.34. The van der Waals surface area contributed by atoms with Crippen molar-refractivity contribution in [3.63, 3.8) is 0 Å². The number of rotatable bonds is 5. The van der Waals surface area contributed by atoms with E-state index in [9.17, 15) is 18.0 Å². The molecule has 1 atom stereocenters. The number of benzene rings is 1. The van der Waals surface area contributed by atoms with E-state index >= 15 is 0 Å². The Morgan fingerprint density at radius 3 is 2.44 bits per heavy atom. The van der Waals surface area contributed by atoms with Crippen LogP contribution in [0.2, 0.25) is 5.02 Å². The Morgan fingerprint density at radius 2 is 1.85 bits per heavy atom. The van der Waals surface area contributed by atoms with E-state index in [1.807, 2.05) is 25.1 Å². The molecule has 0 spiro atoms. The molecule has 3 heterocycles. The number of aromatic nitrogens is 2. The first-order chi connectivity index (χ1) is 16.0. The van der Waals surface area contributed by atoms with Crippen LogP contribution in [0.4, 0.5) is 23.7 Å². The van der Waals surface area contributed by atoms with Gasteiger partial charge in [0.1, 0.15) is 0 Å². The van der Waals surface area contributed by atoms with Crippen LogP contribution in [0.5, 0.6) is 0 Å². The summed E-state index contributed by atoms with van der Waals surface area (Å²) in [6.45, 7) is 8.96. The van der Waals surface area contributed by atoms with Crippen molar-refractivity contribution in [2.45, 2.75) is 45.6 Å².